The summed E-state index contributed by atoms with van der Waals surface area (Å²) in [6.45, 7) is 4.23. The molecule has 0 aromatic heterocycles. The van der Waals surface area contributed by atoms with Crippen LogP contribution >= 0.6 is 15.9 Å². The SMILES string of the molecule is CCCCCCCCCCCC(C)OC(=O)CBr. The number of carbonyl (C=O) groups is 1. The Morgan fingerprint density at radius 3 is 2.00 bits per heavy atom. The molecule has 0 bridgehead atoms. The van der Waals surface area contributed by atoms with E-state index in [4.69, 9.17) is 4.74 Å². The van der Waals surface area contributed by atoms with Crippen molar-refractivity contribution < 1.29 is 9.53 Å². The summed E-state index contributed by atoms with van der Waals surface area (Å²) in [5, 5.41) is 0.301. The monoisotopic (exact) mass is 320 g/mol. The number of rotatable bonds is 12. The maximum absolute atomic E-state index is 11.0. The van der Waals surface area contributed by atoms with Crippen molar-refractivity contribution in [3.05, 3.63) is 0 Å². The van der Waals surface area contributed by atoms with E-state index in [-0.39, 0.29) is 12.1 Å². The van der Waals surface area contributed by atoms with Crippen molar-refractivity contribution in [1.82, 2.24) is 0 Å². The van der Waals surface area contributed by atoms with Crippen LogP contribution in [0.5, 0.6) is 0 Å². The predicted octanol–water partition coefficient (Wildman–Crippen LogP) is 5.23. The normalized spacial score (nSPS) is 12.4. The lowest BCUT2D eigenvalue weighted by molar-refractivity contribution is -0.145. The summed E-state index contributed by atoms with van der Waals surface area (Å²) < 4.78 is 5.19. The lowest BCUT2D eigenvalue weighted by Crippen LogP contribution is -2.15. The standard InChI is InChI=1S/C15H29BrO2/c1-3-4-5-6-7-8-9-10-11-12-14(2)18-15(17)13-16/h14H,3-13H2,1-2H3. The number of hydrogen-bond acceptors (Lipinski definition) is 2. The minimum absolute atomic E-state index is 0.0691. The summed E-state index contributed by atoms with van der Waals surface area (Å²) in [5.41, 5.74) is 0. The zero-order valence-electron chi connectivity index (χ0n) is 12.0. The Kier molecular flexibility index (Phi) is 13.3. The molecule has 0 rings (SSSR count). The van der Waals surface area contributed by atoms with Crippen LogP contribution in [-0.4, -0.2) is 17.4 Å². The fourth-order valence-electron chi connectivity index (χ4n) is 2.06. The third-order valence-electron chi connectivity index (χ3n) is 3.16. The molecule has 0 radical (unpaired) electrons. The van der Waals surface area contributed by atoms with Crippen molar-refractivity contribution in [2.24, 2.45) is 0 Å². The van der Waals surface area contributed by atoms with Gasteiger partial charge in [-0.1, -0.05) is 74.2 Å². The number of ether oxygens (including phenoxy) is 1. The molecule has 0 saturated carbocycles. The van der Waals surface area contributed by atoms with Crippen molar-refractivity contribution in [2.45, 2.75) is 84.2 Å². The first-order valence-corrected chi connectivity index (χ1v) is 8.58. The molecule has 0 heterocycles. The van der Waals surface area contributed by atoms with E-state index in [1.807, 2.05) is 6.92 Å². The van der Waals surface area contributed by atoms with Gasteiger partial charge in [-0.3, -0.25) is 4.79 Å². The highest BCUT2D eigenvalue weighted by atomic mass is 79.9. The van der Waals surface area contributed by atoms with Gasteiger partial charge in [-0.25, -0.2) is 0 Å². The average molecular weight is 321 g/mol. The molecule has 0 amide bonds. The summed E-state index contributed by atoms with van der Waals surface area (Å²) in [6.07, 6.45) is 13.1. The summed E-state index contributed by atoms with van der Waals surface area (Å²) in [5.74, 6) is -0.154. The third-order valence-corrected chi connectivity index (χ3v) is 3.61. The van der Waals surface area contributed by atoms with E-state index in [0.717, 1.165) is 6.42 Å². The van der Waals surface area contributed by atoms with E-state index in [0.29, 0.717) is 5.33 Å². The van der Waals surface area contributed by atoms with Gasteiger partial charge in [0.25, 0.3) is 0 Å². The number of unbranched alkanes of at least 4 members (excludes halogenated alkanes) is 8. The molecule has 0 aliphatic heterocycles. The molecular weight excluding hydrogens is 292 g/mol. The van der Waals surface area contributed by atoms with Crippen molar-refractivity contribution in [2.75, 3.05) is 5.33 Å². The predicted molar refractivity (Wildman–Crippen MR) is 81.2 cm³/mol. The summed E-state index contributed by atoms with van der Waals surface area (Å²) >= 11 is 3.10. The largest absolute Gasteiger partial charge is 0.462 e. The van der Waals surface area contributed by atoms with Crippen LogP contribution in [0.25, 0.3) is 0 Å². The number of esters is 1. The molecule has 0 aromatic carbocycles. The van der Waals surface area contributed by atoms with Gasteiger partial charge < -0.3 is 4.74 Å². The maximum atomic E-state index is 11.0. The molecule has 0 aliphatic rings. The van der Waals surface area contributed by atoms with Crippen LogP contribution in [0.1, 0.15) is 78.1 Å². The van der Waals surface area contributed by atoms with Crippen LogP contribution < -0.4 is 0 Å². The fourth-order valence-corrected chi connectivity index (χ4v) is 2.19. The highest BCUT2D eigenvalue weighted by Crippen LogP contribution is 2.12. The number of halogens is 1. The zero-order valence-corrected chi connectivity index (χ0v) is 13.6. The van der Waals surface area contributed by atoms with Gasteiger partial charge in [0.2, 0.25) is 0 Å². The topological polar surface area (TPSA) is 26.3 Å². The molecule has 0 fully saturated rings. The lowest BCUT2D eigenvalue weighted by Gasteiger charge is -2.11. The van der Waals surface area contributed by atoms with Gasteiger partial charge in [-0.2, -0.15) is 0 Å². The van der Waals surface area contributed by atoms with Gasteiger partial charge in [-0.05, 0) is 19.8 Å². The molecule has 0 saturated heterocycles. The minimum atomic E-state index is -0.154. The van der Waals surface area contributed by atoms with Crippen LogP contribution in [0.4, 0.5) is 0 Å². The fraction of sp³-hybridized carbons (Fsp3) is 0.933. The van der Waals surface area contributed by atoms with Crippen LogP contribution in [0, 0.1) is 0 Å². The van der Waals surface area contributed by atoms with Gasteiger partial charge in [-0.15, -0.1) is 0 Å². The average Bonchev–Trinajstić information content (AvgIpc) is 2.36. The minimum Gasteiger partial charge on any atom is -0.462 e. The summed E-state index contributed by atoms with van der Waals surface area (Å²) in [4.78, 5) is 11.0. The second-order valence-corrected chi connectivity index (χ2v) is 5.61. The van der Waals surface area contributed by atoms with E-state index in [2.05, 4.69) is 22.9 Å². The van der Waals surface area contributed by atoms with Gasteiger partial charge in [0.05, 0.1) is 6.10 Å². The molecule has 0 aliphatic carbocycles. The quantitative estimate of drug-likeness (QED) is 0.279. The third kappa shape index (κ3) is 12.4. The maximum Gasteiger partial charge on any atom is 0.316 e. The van der Waals surface area contributed by atoms with Crippen molar-refractivity contribution in [3.8, 4) is 0 Å². The highest BCUT2D eigenvalue weighted by molar-refractivity contribution is 9.09. The van der Waals surface area contributed by atoms with Gasteiger partial charge >= 0.3 is 5.97 Å². The second kappa shape index (κ2) is 13.4. The Bertz CT molecular complexity index is 195. The van der Waals surface area contributed by atoms with Crippen LogP contribution in [0.15, 0.2) is 0 Å². The van der Waals surface area contributed by atoms with Crippen LogP contribution in [0.2, 0.25) is 0 Å². The molecule has 2 nitrogen and oxygen atoms in total. The Balaban J connectivity index is 3.17. The Morgan fingerprint density at radius 2 is 1.50 bits per heavy atom. The molecular formula is C15H29BrO2. The molecule has 3 heteroatoms. The summed E-state index contributed by atoms with van der Waals surface area (Å²) in [6, 6.07) is 0. The van der Waals surface area contributed by atoms with Gasteiger partial charge in [0, 0.05) is 0 Å². The molecule has 18 heavy (non-hydrogen) atoms. The zero-order chi connectivity index (χ0) is 13.6. The first-order chi connectivity index (χ1) is 8.70. The Hall–Kier alpha value is -0.0500. The molecule has 1 unspecified atom stereocenters. The first kappa shape index (κ1) is 17.9. The number of alkyl halides is 1. The van der Waals surface area contributed by atoms with Crippen molar-refractivity contribution in [1.29, 1.82) is 0 Å². The number of carbonyl (C=O) groups excluding carboxylic acids is 1. The van der Waals surface area contributed by atoms with E-state index in [9.17, 15) is 4.79 Å². The smallest absolute Gasteiger partial charge is 0.316 e. The van der Waals surface area contributed by atoms with Crippen molar-refractivity contribution in [3.63, 3.8) is 0 Å². The van der Waals surface area contributed by atoms with E-state index in [1.54, 1.807) is 0 Å². The Morgan fingerprint density at radius 1 is 1.00 bits per heavy atom. The van der Waals surface area contributed by atoms with Crippen LogP contribution in [0.3, 0.4) is 0 Å². The molecule has 0 spiro atoms. The van der Waals surface area contributed by atoms with Crippen molar-refractivity contribution >= 4 is 21.9 Å². The second-order valence-electron chi connectivity index (χ2n) is 5.05. The molecule has 0 N–H and O–H groups in total. The Labute approximate surface area is 121 Å². The highest BCUT2D eigenvalue weighted by Gasteiger charge is 2.07. The molecule has 1 atom stereocenters. The first-order valence-electron chi connectivity index (χ1n) is 7.46. The van der Waals surface area contributed by atoms with Gasteiger partial charge in [0.15, 0.2) is 0 Å². The summed E-state index contributed by atoms with van der Waals surface area (Å²) in [7, 11) is 0. The molecule has 108 valence electrons. The number of hydrogen-bond donors (Lipinski definition) is 0. The van der Waals surface area contributed by atoms with E-state index >= 15 is 0 Å². The molecule has 0 aromatic rings. The van der Waals surface area contributed by atoms with E-state index in [1.165, 1.54) is 57.8 Å². The van der Waals surface area contributed by atoms with Crippen LogP contribution in [-0.2, 0) is 9.53 Å². The van der Waals surface area contributed by atoms with E-state index < -0.39 is 0 Å². The van der Waals surface area contributed by atoms with Gasteiger partial charge in [0.1, 0.15) is 5.33 Å². The lowest BCUT2D eigenvalue weighted by atomic mass is 10.1.